The topological polar surface area (TPSA) is 58.9 Å². The summed E-state index contributed by atoms with van der Waals surface area (Å²) in [6, 6.07) is 0. The Morgan fingerprint density at radius 1 is 1.03 bits per heavy atom. The molecule has 10 unspecified atom stereocenters. The molecular formula is C27H42O4. The van der Waals surface area contributed by atoms with Crippen LogP contribution < -0.4 is 0 Å². The molecule has 174 valence electrons. The number of hydrogen-bond acceptors (Lipinski definition) is 4. The minimum absolute atomic E-state index is 0.141. The molecule has 4 aliphatic carbocycles. The number of allylic oxidation sites excluding steroid dienone is 1. The highest BCUT2D eigenvalue weighted by molar-refractivity contribution is 5.27. The summed E-state index contributed by atoms with van der Waals surface area (Å²) >= 11 is 0. The van der Waals surface area contributed by atoms with Crippen molar-refractivity contribution in [1.29, 1.82) is 0 Å². The maximum atomic E-state index is 11.0. The Balaban J connectivity index is 1.36. The number of aliphatic hydroxyl groups excluding tert-OH is 1. The van der Waals surface area contributed by atoms with Gasteiger partial charge in [-0.25, -0.2) is 0 Å². The first kappa shape index (κ1) is 21.1. The Bertz CT molecular complexity index is 815. The Labute approximate surface area is 187 Å². The summed E-state index contributed by atoms with van der Waals surface area (Å²) in [7, 11) is 0. The molecule has 0 radical (unpaired) electrons. The third-order valence-electron chi connectivity index (χ3n) is 11.4. The quantitative estimate of drug-likeness (QED) is 0.577. The Morgan fingerprint density at radius 2 is 1.81 bits per heavy atom. The second-order valence-corrected chi connectivity index (χ2v) is 13.3. The van der Waals surface area contributed by atoms with Crippen LogP contribution >= 0.6 is 0 Å². The Hall–Kier alpha value is -0.420. The van der Waals surface area contributed by atoms with Gasteiger partial charge in [0.1, 0.15) is 5.60 Å². The highest BCUT2D eigenvalue weighted by Crippen LogP contribution is 2.71. The number of rotatable bonds is 1. The lowest BCUT2D eigenvalue weighted by Gasteiger charge is -2.59. The van der Waals surface area contributed by atoms with Gasteiger partial charge in [-0.2, -0.15) is 0 Å². The zero-order chi connectivity index (χ0) is 22.0. The molecule has 5 fully saturated rings. The molecule has 0 aromatic heterocycles. The molecule has 0 aromatic rings. The van der Waals surface area contributed by atoms with Gasteiger partial charge in [0.15, 0.2) is 5.79 Å². The minimum atomic E-state index is -0.994. The molecule has 2 bridgehead atoms. The maximum absolute atomic E-state index is 11.0. The standard InChI is InChI=1S/C27H42O4/c1-23(2,29)27-13-12-26(5,31-27)22-21(30-27)15-20-18-7-6-16-14-17(28)8-10-24(16,3)19(18)9-11-25(20,22)4/h6,17-22,28-29H,7-15H2,1-5H3. The van der Waals surface area contributed by atoms with Gasteiger partial charge in [0.05, 0.1) is 17.8 Å². The third kappa shape index (κ3) is 2.57. The van der Waals surface area contributed by atoms with Gasteiger partial charge in [0.2, 0.25) is 0 Å². The predicted molar refractivity (Wildman–Crippen MR) is 119 cm³/mol. The first-order valence-electron chi connectivity index (χ1n) is 12.9. The van der Waals surface area contributed by atoms with Crippen LogP contribution in [0, 0.1) is 34.5 Å². The smallest absolute Gasteiger partial charge is 0.197 e. The lowest BCUT2D eigenvalue weighted by molar-refractivity contribution is -0.382. The fourth-order valence-corrected chi connectivity index (χ4v) is 9.85. The molecule has 6 aliphatic rings. The first-order valence-corrected chi connectivity index (χ1v) is 12.9. The van der Waals surface area contributed by atoms with Gasteiger partial charge >= 0.3 is 0 Å². The van der Waals surface area contributed by atoms with E-state index >= 15 is 0 Å². The van der Waals surface area contributed by atoms with Gasteiger partial charge in [0, 0.05) is 12.3 Å². The molecule has 6 rings (SSSR count). The monoisotopic (exact) mass is 430 g/mol. The molecule has 0 aromatic carbocycles. The fraction of sp³-hybridized carbons (Fsp3) is 0.926. The second kappa shape index (κ2) is 6.17. The maximum Gasteiger partial charge on any atom is 0.197 e. The zero-order valence-electron chi connectivity index (χ0n) is 20.1. The van der Waals surface area contributed by atoms with E-state index in [1.165, 1.54) is 18.4 Å². The van der Waals surface area contributed by atoms with Crippen molar-refractivity contribution in [2.24, 2.45) is 34.5 Å². The van der Waals surface area contributed by atoms with Crippen molar-refractivity contribution in [2.75, 3.05) is 0 Å². The number of aliphatic hydroxyl groups is 2. The van der Waals surface area contributed by atoms with Gasteiger partial charge in [-0.05, 0) is 101 Å². The lowest BCUT2D eigenvalue weighted by atomic mass is 9.46. The Morgan fingerprint density at radius 3 is 2.55 bits per heavy atom. The van der Waals surface area contributed by atoms with E-state index in [0.29, 0.717) is 17.8 Å². The van der Waals surface area contributed by atoms with Crippen molar-refractivity contribution in [3.05, 3.63) is 11.6 Å². The summed E-state index contributed by atoms with van der Waals surface area (Å²) in [6.45, 7) is 11.1. The van der Waals surface area contributed by atoms with Crippen molar-refractivity contribution in [3.8, 4) is 0 Å². The van der Waals surface area contributed by atoms with Crippen LogP contribution in [0.25, 0.3) is 0 Å². The third-order valence-corrected chi connectivity index (χ3v) is 11.4. The van der Waals surface area contributed by atoms with Crippen molar-refractivity contribution >= 4 is 0 Å². The van der Waals surface area contributed by atoms with Crippen LogP contribution in [0.15, 0.2) is 11.6 Å². The predicted octanol–water partition coefficient (Wildman–Crippen LogP) is 4.97. The minimum Gasteiger partial charge on any atom is -0.393 e. The van der Waals surface area contributed by atoms with E-state index in [1.54, 1.807) is 0 Å². The van der Waals surface area contributed by atoms with E-state index in [4.69, 9.17) is 9.47 Å². The van der Waals surface area contributed by atoms with Crippen molar-refractivity contribution in [1.82, 2.24) is 0 Å². The zero-order valence-corrected chi connectivity index (χ0v) is 20.1. The van der Waals surface area contributed by atoms with Crippen molar-refractivity contribution in [3.63, 3.8) is 0 Å². The highest BCUT2D eigenvalue weighted by atomic mass is 16.7. The molecule has 10 atom stereocenters. The molecule has 2 aliphatic heterocycles. The van der Waals surface area contributed by atoms with E-state index in [0.717, 1.165) is 50.9 Å². The average Bonchev–Trinajstić information content (AvgIpc) is 3.14. The van der Waals surface area contributed by atoms with Crippen LogP contribution in [0.4, 0.5) is 0 Å². The summed E-state index contributed by atoms with van der Waals surface area (Å²) in [5.41, 5.74) is 0.857. The van der Waals surface area contributed by atoms with Crippen LogP contribution in [0.5, 0.6) is 0 Å². The SMILES string of the molecule is CC12CCC(C(C)(C)O)(OC3CC4C5CC=C6CC(O)CCC6(C)C5CCC4(C)C31)O2. The average molecular weight is 431 g/mol. The lowest BCUT2D eigenvalue weighted by Crippen LogP contribution is -2.62. The van der Waals surface area contributed by atoms with Gasteiger partial charge in [-0.15, -0.1) is 0 Å². The Kier molecular flexibility index (Phi) is 4.21. The summed E-state index contributed by atoms with van der Waals surface area (Å²) < 4.78 is 13.5. The molecule has 2 saturated heterocycles. The summed E-state index contributed by atoms with van der Waals surface area (Å²) in [4.78, 5) is 0. The van der Waals surface area contributed by atoms with E-state index in [9.17, 15) is 10.2 Å². The van der Waals surface area contributed by atoms with E-state index < -0.39 is 11.4 Å². The molecule has 4 heteroatoms. The van der Waals surface area contributed by atoms with Gasteiger partial charge in [-0.1, -0.05) is 25.5 Å². The van der Waals surface area contributed by atoms with E-state index in [1.807, 2.05) is 13.8 Å². The largest absolute Gasteiger partial charge is 0.393 e. The van der Waals surface area contributed by atoms with E-state index in [2.05, 4.69) is 26.8 Å². The fourth-order valence-electron chi connectivity index (χ4n) is 9.85. The molecule has 31 heavy (non-hydrogen) atoms. The van der Waals surface area contributed by atoms with Gasteiger partial charge < -0.3 is 19.7 Å². The molecule has 3 saturated carbocycles. The number of ether oxygens (including phenoxy) is 2. The van der Waals surface area contributed by atoms with Crippen LogP contribution in [-0.2, 0) is 9.47 Å². The molecule has 0 amide bonds. The first-order chi connectivity index (χ1) is 14.4. The molecule has 2 N–H and O–H groups in total. The van der Waals surface area contributed by atoms with Gasteiger partial charge in [-0.3, -0.25) is 0 Å². The van der Waals surface area contributed by atoms with Crippen LogP contribution in [0.3, 0.4) is 0 Å². The molecular weight excluding hydrogens is 388 g/mol. The van der Waals surface area contributed by atoms with Crippen LogP contribution in [0.1, 0.15) is 92.4 Å². The highest BCUT2D eigenvalue weighted by Gasteiger charge is 2.72. The molecule has 0 spiro atoms. The van der Waals surface area contributed by atoms with E-state index in [-0.39, 0.29) is 28.6 Å². The summed E-state index contributed by atoms with van der Waals surface area (Å²) in [5.74, 6) is 1.65. The van der Waals surface area contributed by atoms with Crippen molar-refractivity contribution < 1.29 is 19.7 Å². The summed E-state index contributed by atoms with van der Waals surface area (Å²) in [6.07, 6.45) is 12.1. The second-order valence-electron chi connectivity index (χ2n) is 13.3. The van der Waals surface area contributed by atoms with Crippen LogP contribution in [-0.4, -0.2) is 39.4 Å². The molecule has 2 heterocycles. The number of fused-ring (bicyclic) bond motifs is 10. The normalized spacial score (nSPS) is 58.1. The van der Waals surface area contributed by atoms with Crippen molar-refractivity contribution in [2.45, 2.75) is 122 Å². The number of hydrogen-bond donors (Lipinski definition) is 2. The molecule has 4 nitrogen and oxygen atoms in total. The van der Waals surface area contributed by atoms with Crippen LogP contribution in [0.2, 0.25) is 0 Å². The van der Waals surface area contributed by atoms with Gasteiger partial charge in [0.25, 0.3) is 0 Å². The summed E-state index contributed by atoms with van der Waals surface area (Å²) in [5, 5.41) is 21.2.